The third kappa shape index (κ3) is 4.34. The van der Waals surface area contributed by atoms with Crippen LogP contribution in [0.1, 0.15) is 55.6 Å². The second-order valence-corrected chi connectivity index (χ2v) is 6.80. The highest BCUT2D eigenvalue weighted by Crippen LogP contribution is 2.31. The van der Waals surface area contributed by atoms with E-state index < -0.39 is 17.7 Å². The van der Waals surface area contributed by atoms with Crippen LogP contribution in [0.5, 0.6) is 0 Å². The highest BCUT2D eigenvalue weighted by atomic mass is 16.6. The Kier molecular flexibility index (Phi) is 5.26. The summed E-state index contributed by atoms with van der Waals surface area (Å²) in [5.41, 5.74) is 0.617. The number of hydrogen-bond acceptors (Lipinski definition) is 5. The summed E-state index contributed by atoms with van der Waals surface area (Å²) in [6.07, 6.45) is 0.143. The van der Waals surface area contributed by atoms with Gasteiger partial charge < -0.3 is 14.4 Å². The van der Waals surface area contributed by atoms with Crippen LogP contribution in [0.3, 0.4) is 0 Å². The van der Waals surface area contributed by atoms with Crippen LogP contribution in [0, 0.1) is 0 Å². The number of hydrogen-bond donors (Lipinski definition) is 0. The van der Waals surface area contributed by atoms with Gasteiger partial charge in [-0.15, -0.1) is 0 Å². The molecule has 1 aliphatic rings. The molecule has 0 radical (unpaired) electrons. The Balaban J connectivity index is 2.24. The molecule has 1 atom stereocenters. The topological polar surface area (TPSA) is 72.9 Å². The Morgan fingerprint density at radius 1 is 1.17 bits per heavy atom. The molecule has 0 bridgehead atoms. The average Bonchev–Trinajstić information content (AvgIpc) is 2.52. The Labute approximate surface area is 141 Å². The summed E-state index contributed by atoms with van der Waals surface area (Å²) in [7, 11) is 1.32. The monoisotopic (exact) mass is 333 g/mol. The molecule has 6 nitrogen and oxygen atoms in total. The number of carbonyl (C=O) groups excluding carboxylic acids is 3. The maximum absolute atomic E-state index is 12.4. The van der Waals surface area contributed by atoms with Gasteiger partial charge in [0.15, 0.2) is 0 Å². The molecule has 1 aliphatic heterocycles. The van der Waals surface area contributed by atoms with E-state index in [1.54, 1.807) is 49.9 Å². The summed E-state index contributed by atoms with van der Waals surface area (Å²) in [5, 5.41) is 0. The predicted molar refractivity (Wildman–Crippen MR) is 87.7 cm³/mol. The second-order valence-electron chi connectivity index (χ2n) is 6.80. The van der Waals surface area contributed by atoms with E-state index >= 15 is 0 Å². The molecule has 1 saturated heterocycles. The van der Waals surface area contributed by atoms with E-state index in [1.165, 1.54) is 7.11 Å². The molecule has 6 heteroatoms. The van der Waals surface area contributed by atoms with Crippen molar-refractivity contribution >= 4 is 17.8 Å². The normalized spacial score (nSPS) is 18.2. The predicted octanol–water partition coefficient (Wildman–Crippen LogP) is 3.11. The van der Waals surface area contributed by atoms with E-state index in [1.807, 2.05) is 0 Å². The number of methoxy groups -OCH3 is 1. The molecule has 2 rings (SSSR count). The number of ketones is 1. The van der Waals surface area contributed by atoms with Gasteiger partial charge >= 0.3 is 12.1 Å². The first-order valence-electron chi connectivity index (χ1n) is 7.91. The number of Topliss-reactive ketones (excluding diaryl/α,β-unsaturated/α-hetero) is 1. The van der Waals surface area contributed by atoms with E-state index in [0.29, 0.717) is 18.5 Å². The molecular formula is C18H23NO5. The number of carbonyl (C=O) groups is 3. The highest BCUT2D eigenvalue weighted by Gasteiger charge is 2.34. The van der Waals surface area contributed by atoms with Crippen molar-refractivity contribution in [3.63, 3.8) is 0 Å². The van der Waals surface area contributed by atoms with Crippen LogP contribution >= 0.6 is 0 Å². The molecule has 1 heterocycles. The molecule has 0 N–H and O–H groups in total. The van der Waals surface area contributed by atoms with Crippen molar-refractivity contribution in [3.05, 3.63) is 35.4 Å². The fraction of sp³-hybridized carbons (Fsp3) is 0.500. The number of nitrogens with zero attached hydrogens (tertiary/aromatic N) is 1. The number of likely N-dealkylation sites (tertiary alicyclic amines) is 1. The first-order chi connectivity index (χ1) is 11.2. The van der Waals surface area contributed by atoms with E-state index in [4.69, 9.17) is 4.74 Å². The highest BCUT2D eigenvalue weighted by molar-refractivity contribution is 5.89. The fourth-order valence-corrected chi connectivity index (χ4v) is 2.62. The first-order valence-corrected chi connectivity index (χ1v) is 7.91. The lowest BCUT2D eigenvalue weighted by Crippen LogP contribution is -2.43. The number of amides is 1. The summed E-state index contributed by atoms with van der Waals surface area (Å²) >= 11 is 0. The molecule has 24 heavy (non-hydrogen) atoms. The number of esters is 1. The number of benzene rings is 1. The van der Waals surface area contributed by atoms with Crippen molar-refractivity contribution in [3.8, 4) is 0 Å². The number of rotatable bonds is 2. The molecule has 0 aliphatic carbocycles. The molecule has 0 aromatic heterocycles. The lowest BCUT2D eigenvalue weighted by Gasteiger charge is -2.36. The molecular weight excluding hydrogens is 310 g/mol. The fourth-order valence-electron chi connectivity index (χ4n) is 2.62. The number of ether oxygens (including phenoxy) is 2. The number of piperidine rings is 1. The minimum Gasteiger partial charge on any atom is -0.465 e. The maximum Gasteiger partial charge on any atom is 0.410 e. The summed E-state index contributed by atoms with van der Waals surface area (Å²) in [4.78, 5) is 37.4. The van der Waals surface area contributed by atoms with Crippen molar-refractivity contribution in [2.24, 2.45) is 0 Å². The Morgan fingerprint density at radius 3 is 2.33 bits per heavy atom. The van der Waals surface area contributed by atoms with Crippen molar-refractivity contribution in [1.29, 1.82) is 0 Å². The van der Waals surface area contributed by atoms with Crippen molar-refractivity contribution in [2.75, 3.05) is 13.7 Å². The molecule has 1 amide bonds. The molecule has 1 aromatic carbocycles. The van der Waals surface area contributed by atoms with Crippen LogP contribution in [0.25, 0.3) is 0 Å². The van der Waals surface area contributed by atoms with Gasteiger partial charge in [0.1, 0.15) is 11.4 Å². The van der Waals surface area contributed by atoms with E-state index in [2.05, 4.69) is 4.74 Å². The molecule has 1 aromatic rings. The second kappa shape index (κ2) is 7.03. The van der Waals surface area contributed by atoms with Gasteiger partial charge in [-0.1, -0.05) is 12.1 Å². The zero-order chi connectivity index (χ0) is 17.9. The minimum atomic E-state index is -0.599. The summed E-state index contributed by atoms with van der Waals surface area (Å²) in [6.45, 7) is 5.75. The van der Waals surface area contributed by atoms with E-state index in [0.717, 1.165) is 5.56 Å². The molecule has 1 fully saturated rings. The summed E-state index contributed by atoms with van der Waals surface area (Å²) in [6, 6.07) is 6.37. The third-order valence-corrected chi connectivity index (χ3v) is 3.77. The van der Waals surface area contributed by atoms with Crippen LogP contribution in [0.2, 0.25) is 0 Å². The van der Waals surface area contributed by atoms with Crippen molar-refractivity contribution in [2.45, 2.75) is 45.3 Å². The quantitative estimate of drug-likeness (QED) is 0.778. The SMILES string of the molecule is COC(=O)c1ccc(C2CC(=O)CCN2C(=O)OC(C)(C)C)cc1. The average molecular weight is 333 g/mol. The van der Waals surface area contributed by atoms with Gasteiger partial charge in [0.05, 0.1) is 18.7 Å². The first kappa shape index (κ1) is 18.0. The largest absolute Gasteiger partial charge is 0.465 e. The molecule has 1 unspecified atom stereocenters. The van der Waals surface area contributed by atoms with Gasteiger partial charge in [0.2, 0.25) is 0 Å². The lowest BCUT2D eigenvalue weighted by molar-refractivity contribution is -0.123. The van der Waals surface area contributed by atoms with Gasteiger partial charge in [-0.3, -0.25) is 4.79 Å². The Bertz CT molecular complexity index is 630. The van der Waals surface area contributed by atoms with Crippen LogP contribution in [0.15, 0.2) is 24.3 Å². The van der Waals surface area contributed by atoms with Gasteiger partial charge in [0, 0.05) is 19.4 Å². The Hall–Kier alpha value is -2.37. The lowest BCUT2D eigenvalue weighted by atomic mass is 9.94. The van der Waals surface area contributed by atoms with Crippen molar-refractivity contribution < 1.29 is 23.9 Å². The summed E-state index contributed by atoms with van der Waals surface area (Å²) in [5.74, 6) is -0.317. The maximum atomic E-state index is 12.4. The molecule has 0 saturated carbocycles. The van der Waals surface area contributed by atoms with E-state index in [9.17, 15) is 14.4 Å². The standard InChI is InChI=1S/C18H23NO5/c1-18(2,3)24-17(22)19-10-9-14(20)11-15(19)12-5-7-13(8-6-12)16(21)23-4/h5-8,15H,9-11H2,1-4H3. The van der Waals surface area contributed by atoms with Gasteiger partial charge in [0.25, 0.3) is 0 Å². The molecule has 0 spiro atoms. The van der Waals surface area contributed by atoms with Gasteiger partial charge in [-0.25, -0.2) is 9.59 Å². The van der Waals surface area contributed by atoms with Crippen LogP contribution < -0.4 is 0 Å². The van der Waals surface area contributed by atoms with Crippen LogP contribution in [0.4, 0.5) is 4.79 Å². The minimum absolute atomic E-state index is 0.108. The van der Waals surface area contributed by atoms with Crippen molar-refractivity contribution in [1.82, 2.24) is 4.90 Å². The van der Waals surface area contributed by atoms with E-state index in [-0.39, 0.29) is 18.2 Å². The van der Waals surface area contributed by atoms with Crippen LogP contribution in [-0.2, 0) is 14.3 Å². The molecule has 130 valence electrons. The Morgan fingerprint density at radius 2 is 1.79 bits per heavy atom. The van der Waals surface area contributed by atoms with Crippen LogP contribution in [-0.4, -0.2) is 42.0 Å². The van der Waals surface area contributed by atoms with Gasteiger partial charge in [-0.05, 0) is 38.5 Å². The smallest absolute Gasteiger partial charge is 0.410 e. The van der Waals surface area contributed by atoms with Gasteiger partial charge in [-0.2, -0.15) is 0 Å². The third-order valence-electron chi connectivity index (χ3n) is 3.77. The zero-order valence-electron chi connectivity index (χ0n) is 14.5. The summed E-state index contributed by atoms with van der Waals surface area (Å²) < 4.78 is 10.1. The zero-order valence-corrected chi connectivity index (χ0v) is 14.5.